The Labute approximate surface area is 40.4 Å². The lowest BCUT2D eigenvalue weighted by Gasteiger charge is -2.15. The first-order valence-electron chi connectivity index (χ1n) is 1.68. The van der Waals surface area contributed by atoms with Crippen LogP contribution >= 0.6 is 11.9 Å². The molecule has 1 heterocycles. The molecule has 0 amide bonds. The van der Waals surface area contributed by atoms with Gasteiger partial charge in [0.05, 0.1) is 5.88 Å². The maximum Gasteiger partial charge on any atom is 0.0568 e. The fraction of sp³-hybridized carbons (Fsp3) is 1.00. The lowest BCUT2D eigenvalue weighted by atomic mass is 11.1. The Kier molecular flexibility index (Phi) is 1.31. The van der Waals surface area contributed by atoms with E-state index in [-0.39, 0.29) is 0 Å². The fourth-order valence-corrected chi connectivity index (χ4v) is 0.809. The van der Waals surface area contributed by atoms with Crippen LogP contribution in [-0.2, 0) is 0 Å². The van der Waals surface area contributed by atoms with E-state index >= 15 is 0 Å². The largest absolute Gasteiger partial charge is 0.775 e. The molecule has 1 fully saturated rings. The lowest BCUT2D eigenvalue weighted by molar-refractivity contribution is 0.604. The van der Waals surface area contributed by atoms with Crippen molar-refractivity contribution in [2.24, 2.45) is 0 Å². The molecule has 1 rings (SSSR count). The van der Waals surface area contributed by atoms with Gasteiger partial charge in [-0.05, 0) is 0 Å². The smallest absolute Gasteiger partial charge is 0.0568 e. The van der Waals surface area contributed by atoms with Gasteiger partial charge in [0.25, 0.3) is 0 Å². The maximum absolute atomic E-state index is 10.1. The van der Waals surface area contributed by atoms with Gasteiger partial charge in [-0.1, -0.05) is 11.9 Å². The van der Waals surface area contributed by atoms with E-state index in [0.29, 0.717) is 6.67 Å². The summed E-state index contributed by atoms with van der Waals surface area (Å²) in [5, 5.41) is 12.9. The Balaban J connectivity index is 2.18. The van der Waals surface area contributed by atoms with Crippen LogP contribution in [-0.4, -0.2) is 17.0 Å². The highest BCUT2D eigenvalue weighted by Gasteiger charge is 1.97. The van der Waals surface area contributed by atoms with Crippen molar-refractivity contribution < 1.29 is 0 Å². The first-order valence-corrected chi connectivity index (χ1v) is 2.62. The highest BCUT2D eigenvalue weighted by atomic mass is 32.2. The first kappa shape index (κ1) is 4.39. The predicted molar refractivity (Wildman–Crippen MR) is 25.7 cm³/mol. The highest BCUT2D eigenvalue weighted by Crippen LogP contribution is 2.08. The third-order valence-electron chi connectivity index (χ3n) is 0.552. The zero-order valence-corrected chi connectivity index (χ0v) is 3.99. The van der Waals surface area contributed by atoms with E-state index in [9.17, 15) is 5.21 Å². The third-order valence-corrected chi connectivity index (χ3v) is 1.30. The molecule has 0 aliphatic carbocycles. The average molecular weight is 105 g/mol. The topological polar surface area (TPSA) is 38.3 Å². The fourth-order valence-electron chi connectivity index (χ4n) is 0.300. The number of hydroxylamine groups is 1. The molecule has 6 heavy (non-hydrogen) atoms. The highest BCUT2D eigenvalue weighted by molar-refractivity contribution is 7.97. The molecule has 1 aliphatic heterocycles. The van der Waals surface area contributed by atoms with Crippen LogP contribution in [0.3, 0.4) is 0 Å². The lowest BCUT2D eigenvalue weighted by Crippen LogP contribution is -2.11. The minimum atomic E-state index is 0.477. The van der Waals surface area contributed by atoms with E-state index < -0.39 is 0 Å². The van der Waals surface area contributed by atoms with E-state index in [1.54, 1.807) is 0 Å². The predicted octanol–water partition coefficient (Wildman–Crippen LogP) is -0.0474. The van der Waals surface area contributed by atoms with E-state index in [1.165, 1.54) is 11.9 Å². The van der Waals surface area contributed by atoms with Gasteiger partial charge in [0.2, 0.25) is 0 Å². The summed E-state index contributed by atoms with van der Waals surface area (Å²) in [7, 11) is 0. The standard InChI is InChI=1S/C2H5N2OS/c5-4-1-3-2-6-4/h3H,1-2H2/q-1. The first-order chi connectivity index (χ1) is 2.89. The van der Waals surface area contributed by atoms with Crippen LogP contribution in [0.5, 0.6) is 0 Å². The number of rotatable bonds is 0. The van der Waals surface area contributed by atoms with E-state index in [1.807, 2.05) is 0 Å². The molecule has 0 saturated carbocycles. The van der Waals surface area contributed by atoms with Gasteiger partial charge in [-0.3, -0.25) is 5.32 Å². The van der Waals surface area contributed by atoms with Crippen molar-refractivity contribution in [1.29, 1.82) is 0 Å². The molecule has 3 nitrogen and oxygen atoms in total. The summed E-state index contributed by atoms with van der Waals surface area (Å²) in [4.78, 5) is 0. The van der Waals surface area contributed by atoms with Crippen LogP contribution in [0.2, 0.25) is 0 Å². The molecular weight excluding hydrogens is 100 g/mol. The third kappa shape index (κ3) is 0.844. The molecule has 36 valence electrons. The van der Waals surface area contributed by atoms with Crippen LogP contribution in [0.1, 0.15) is 0 Å². The number of nitrogens with zero attached hydrogens (tertiary/aromatic N) is 1. The zero-order chi connectivity index (χ0) is 4.41. The summed E-state index contributed by atoms with van der Waals surface area (Å²) in [5.74, 6) is 0.767. The summed E-state index contributed by atoms with van der Waals surface area (Å²) >= 11 is 1.26. The number of hydrogen-bond donors (Lipinski definition) is 1. The number of hydrogen-bond acceptors (Lipinski definition) is 4. The number of nitrogens with one attached hydrogen (secondary N) is 1. The molecule has 0 spiro atoms. The Bertz CT molecular complexity index is 44.8. The second-order valence-electron chi connectivity index (χ2n) is 1.01. The van der Waals surface area contributed by atoms with Crippen molar-refractivity contribution in [1.82, 2.24) is 9.79 Å². The Morgan fingerprint density at radius 1 is 1.83 bits per heavy atom. The van der Waals surface area contributed by atoms with Crippen LogP contribution in [0.15, 0.2) is 0 Å². The Morgan fingerprint density at radius 3 is 2.83 bits per heavy atom. The Morgan fingerprint density at radius 2 is 2.67 bits per heavy atom. The maximum atomic E-state index is 10.1. The minimum Gasteiger partial charge on any atom is -0.775 e. The van der Waals surface area contributed by atoms with Crippen molar-refractivity contribution in [2.45, 2.75) is 0 Å². The van der Waals surface area contributed by atoms with Gasteiger partial charge in [0.15, 0.2) is 0 Å². The van der Waals surface area contributed by atoms with Gasteiger partial charge in [0.1, 0.15) is 0 Å². The Hall–Kier alpha value is 0.230. The molecule has 0 aromatic heterocycles. The molecule has 0 unspecified atom stereocenters. The molecule has 1 saturated heterocycles. The molecule has 1 N–H and O–H groups in total. The monoisotopic (exact) mass is 105 g/mol. The molecule has 0 atom stereocenters. The molecule has 4 heteroatoms. The molecule has 0 bridgehead atoms. The van der Waals surface area contributed by atoms with Gasteiger partial charge in [0, 0.05) is 6.67 Å². The summed E-state index contributed by atoms with van der Waals surface area (Å²) in [5.41, 5.74) is 0. The summed E-state index contributed by atoms with van der Waals surface area (Å²) in [6.07, 6.45) is 0. The van der Waals surface area contributed by atoms with Crippen LogP contribution in [0, 0.1) is 5.21 Å². The van der Waals surface area contributed by atoms with Crippen molar-refractivity contribution >= 4 is 11.9 Å². The van der Waals surface area contributed by atoms with Crippen LogP contribution in [0.25, 0.3) is 0 Å². The molecule has 0 radical (unpaired) electrons. The second-order valence-corrected chi connectivity index (χ2v) is 1.97. The molecule has 0 aromatic rings. The van der Waals surface area contributed by atoms with E-state index in [0.717, 1.165) is 10.3 Å². The normalized spacial score (nSPS) is 25.5. The average Bonchev–Trinajstić information content (AvgIpc) is 1.86. The van der Waals surface area contributed by atoms with Gasteiger partial charge in [-0.25, -0.2) is 0 Å². The van der Waals surface area contributed by atoms with Crippen molar-refractivity contribution in [3.63, 3.8) is 0 Å². The molecule has 0 aromatic carbocycles. The summed E-state index contributed by atoms with van der Waals surface area (Å²) < 4.78 is 0.917. The van der Waals surface area contributed by atoms with Gasteiger partial charge >= 0.3 is 0 Å². The van der Waals surface area contributed by atoms with E-state index in [2.05, 4.69) is 5.32 Å². The second kappa shape index (κ2) is 1.79. The molecule has 1 aliphatic rings. The SMILES string of the molecule is [O-]N1CNCS1. The quantitative estimate of drug-likeness (QED) is 0.438. The van der Waals surface area contributed by atoms with Gasteiger partial charge in [-0.2, -0.15) is 0 Å². The van der Waals surface area contributed by atoms with Crippen molar-refractivity contribution in [2.75, 3.05) is 12.5 Å². The van der Waals surface area contributed by atoms with Gasteiger partial charge in [-0.15, -0.1) is 0 Å². The van der Waals surface area contributed by atoms with Crippen molar-refractivity contribution in [3.8, 4) is 0 Å². The van der Waals surface area contributed by atoms with Crippen LogP contribution in [0.4, 0.5) is 0 Å². The molecular formula is C2H5N2OS-. The minimum absolute atomic E-state index is 0.477. The van der Waals surface area contributed by atoms with Gasteiger partial charge < -0.3 is 9.68 Å². The van der Waals surface area contributed by atoms with Crippen LogP contribution < -0.4 is 5.32 Å². The van der Waals surface area contributed by atoms with Crippen molar-refractivity contribution in [3.05, 3.63) is 5.21 Å². The summed E-state index contributed by atoms with van der Waals surface area (Å²) in [6, 6.07) is 0. The van der Waals surface area contributed by atoms with E-state index in [4.69, 9.17) is 0 Å². The zero-order valence-electron chi connectivity index (χ0n) is 3.18. The summed E-state index contributed by atoms with van der Waals surface area (Å²) in [6.45, 7) is 0.477.